The standard InChI is InChI=1S/C16H23N7O/c1-22(2)14-10-13(18-11-19-14)20-12-5-8-23(9-6-12)16-17-7-4-15(21-16)24-3/h4,7,10-12H,5-6,8-9H2,1-3H3,(H,18,19,20). The molecule has 0 aliphatic carbocycles. The molecule has 128 valence electrons. The van der Waals surface area contributed by atoms with Gasteiger partial charge in [0.25, 0.3) is 0 Å². The molecule has 1 N–H and O–H groups in total. The molecule has 8 nitrogen and oxygen atoms in total. The Labute approximate surface area is 141 Å². The van der Waals surface area contributed by atoms with Crippen LogP contribution in [0.25, 0.3) is 0 Å². The number of methoxy groups -OCH3 is 1. The van der Waals surface area contributed by atoms with E-state index in [4.69, 9.17) is 4.74 Å². The van der Waals surface area contributed by atoms with Gasteiger partial charge in [-0.25, -0.2) is 15.0 Å². The summed E-state index contributed by atoms with van der Waals surface area (Å²) >= 11 is 0. The van der Waals surface area contributed by atoms with Crippen LogP contribution < -0.4 is 19.9 Å². The van der Waals surface area contributed by atoms with Gasteiger partial charge >= 0.3 is 0 Å². The van der Waals surface area contributed by atoms with Crippen LogP contribution in [-0.4, -0.2) is 60.3 Å². The van der Waals surface area contributed by atoms with Crippen molar-refractivity contribution in [1.82, 2.24) is 19.9 Å². The van der Waals surface area contributed by atoms with Gasteiger partial charge in [0.15, 0.2) is 0 Å². The number of nitrogens with one attached hydrogen (secondary N) is 1. The van der Waals surface area contributed by atoms with Gasteiger partial charge in [-0.15, -0.1) is 0 Å². The molecule has 2 aromatic rings. The highest BCUT2D eigenvalue weighted by molar-refractivity contribution is 5.48. The molecule has 0 amide bonds. The second-order valence-corrected chi connectivity index (χ2v) is 5.96. The van der Waals surface area contributed by atoms with Crippen LogP contribution in [0.4, 0.5) is 17.6 Å². The van der Waals surface area contributed by atoms with Crippen LogP contribution in [0, 0.1) is 0 Å². The molecular formula is C16H23N7O. The zero-order chi connectivity index (χ0) is 16.9. The first-order valence-corrected chi connectivity index (χ1v) is 8.03. The third-order valence-corrected chi connectivity index (χ3v) is 4.07. The lowest BCUT2D eigenvalue weighted by Crippen LogP contribution is -2.40. The van der Waals surface area contributed by atoms with Crippen molar-refractivity contribution in [1.29, 1.82) is 0 Å². The SMILES string of the molecule is COc1ccnc(N2CCC(Nc3cc(N(C)C)ncn3)CC2)n1. The zero-order valence-corrected chi connectivity index (χ0v) is 14.3. The van der Waals surface area contributed by atoms with Gasteiger partial charge in [0, 0.05) is 51.6 Å². The Bertz CT molecular complexity index is 671. The average Bonchev–Trinajstić information content (AvgIpc) is 2.62. The smallest absolute Gasteiger partial charge is 0.228 e. The largest absolute Gasteiger partial charge is 0.481 e. The summed E-state index contributed by atoms with van der Waals surface area (Å²) in [6.07, 6.45) is 5.33. The van der Waals surface area contributed by atoms with Gasteiger partial charge in [0.05, 0.1) is 7.11 Å². The van der Waals surface area contributed by atoms with Crippen LogP contribution in [0.3, 0.4) is 0 Å². The highest BCUT2D eigenvalue weighted by Crippen LogP contribution is 2.21. The van der Waals surface area contributed by atoms with E-state index in [-0.39, 0.29) is 0 Å². The summed E-state index contributed by atoms with van der Waals surface area (Å²) in [6.45, 7) is 1.80. The summed E-state index contributed by atoms with van der Waals surface area (Å²) in [5.74, 6) is 3.08. The number of hydrogen-bond acceptors (Lipinski definition) is 8. The molecule has 0 spiro atoms. The molecule has 0 aromatic carbocycles. The van der Waals surface area contributed by atoms with Crippen molar-refractivity contribution >= 4 is 17.6 Å². The molecule has 8 heteroatoms. The Morgan fingerprint density at radius 2 is 2.00 bits per heavy atom. The Kier molecular flexibility index (Phi) is 4.93. The molecule has 2 aromatic heterocycles. The molecule has 0 saturated carbocycles. The summed E-state index contributed by atoms with van der Waals surface area (Å²) in [4.78, 5) is 21.4. The van der Waals surface area contributed by atoms with E-state index in [1.54, 1.807) is 25.7 Å². The molecule has 1 fully saturated rings. The van der Waals surface area contributed by atoms with Crippen molar-refractivity contribution in [3.05, 3.63) is 24.7 Å². The fraction of sp³-hybridized carbons (Fsp3) is 0.500. The van der Waals surface area contributed by atoms with Gasteiger partial charge in [0.1, 0.15) is 18.0 Å². The number of rotatable bonds is 5. The number of hydrogen-bond donors (Lipinski definition) is 1. The van der Waals surface area contributed by atoms with E-state index >= 15 is 0 Å². The predicted octanol–water partition coefficient (Wildman–Crippen LogP) is 1.42. The summed E-state index contributed by atoms with van der Waals surface area (Å²) in [6, 6.07) is 4.11. The molecule has 3 rings (SSSR count). The van der Waals surface area contributed by atoms with Crippen molar-refractivity contribution in [3.8, 4) is 5.88 Å². The first kappa shape index (κ1) is 16.2. The molecule has 1 aliphatic rings. The topological polar surface area (TPSA) is 79.3 Å². The third kappa shape index (κ3) is 3.81. The van der Waals surface area contributed by atoms with E-state index in [0.29, 0.717) is 11.9 Å². The molecule has 0 unspecified atom stereocenters. The van der Waals surface area contributed by atoms with Crippen LogP contribution in [-0.2, 0) is 0 Å². The number of anilines is 3. The number of ether oxygens (including phenoxy) is 1. The second kappa shape index (κ2) is 7.29. The van der Waals surface area contributed by atoms with Gasteiger partial charge in [-0.2, -0.15) is 4.98 Å². The lowest BCUT2D eigenvalue weighted by atomic mass is 10.1. The Balaban J connectivity index is 1.58. The maximum Gasteiger partial charge on any atom is 0.228 e. The maximum atomic E-state index is 5.17. The van der Waals surface area contributed by atoms with E-state index < -0.39 is 0 Å². The van der Waals surface area contributed by atoms with E-state index in [1.165, 1.54) is 0 Å². The van der Waals surface area contributed by atoms with Crippen LogP contribution >= 0.6 is 0 Å². The minimum atomic E-state index is 0.386. The minimum Gasteiger partial charge on any atom is -0.481 e. The molecule has 1 saturated heterocycles. The lowest BCUT2D eigenvalue weighted by molar-refractivity contribution is 0.395. The zero-order valence-electron chi connectivity index (χ0n) is 14.3. The van der Waals surface area contributed by atoms with Gasteiger partial charge < -0.3 is 19.9 Å². The monoisotopic (exact) mass is 329 g/mol. The number of nitrogens with zero attached hydrogens (tertiary/aromatic N) is 6. The lowest BCUT2D eigenvalue weighted by Gasteiger charge is -2.32. The molecular weight excluding hydrogens is 306 g/mol. The fourth-order valence-electron chi connectivity index (χ4n) is 2.70. The summed E-state index contributed by atoms with van der Waals surface area (Å²) in [7, 11) is 5.56. The van der Waals surface area contributed by atoms with Crippen LogP contribution in [0.5, 0.6) is 5.88 Å². The predicted molar refractivity (Wildman–Crippen MR) is 93.8 cm³/mol. The molecule has 24 heavy (non-hydrogen) atoms. The normalized spacial score (nSPS) is 15.2. The first-order chi connectivity index (χ1) is 11.7. The van der Waals surface area contributed by atoms with Crippen molar-refractivity contribution in [2.45, 2.75) is 18.9 Å². The van der Waals surface area contributed by atoms with Crippen molar-refractivity contribution in [2.24, 2.45) is 0 Å². The van der Waals surface area contributed by atoms with Crippen molar-refractivity contribution in [3.63, 3.8) is 0 Å². The van der Waals surface area contributed by atoms with Crippen molar-refractivity contribution in [2.75, 3.05) is 49.4 Å². The number of piperidine rings is 1. The summed E-state index contributed by atoms with van der Waals surface area (Å²) in [5.41, 5.74) is 0. The Morgan fingerprint density at radius 3 is 2.71 bits per heavy atom. The second-order valence-electron chi connectivity index (χ2n) is 5.96. The fourth-order valence-corrected chi connectivity index (χ4v) is 2.70. The molecule has 0 bridgehead atoms. The van der Waals surface area contributed by atoms with Gasteiger partial charge in [-0.3, -0.25) is 0 Å². The van der Waals surface area contributed by atoms with Crippen LogP contribution in [0.15, 0.2) is 24.7 Å². The van der Waals surface area contributed by atoms with E-state index in [1.807, 2.05) is 25.1 Å². The average molecular weight is 329 g/mol. The maximum absolute atomic E-state index is 5.17. The third-order valence-electron chi connectivity index (χ3n) is 4.07. The minimum absolute atomic E-state index is 0.386. The van der Waals surface area contributed by atoms with Crippen molar-refractivity contribution < 1.29 is 4.74 Å². The van der Waals surface area contributed by atoms with Crippen LogP contribution in [0.1, 0.15) is 12.8 Å². The Hall–Kier alpha value is -2.64. The van der Waals surface area contributed by atoms with Gasteiger partial charge in [-0.1, -0.05) is 0 Å². The first-order valence-electron chi connectivity index (χ1n) is 8.03. The Morgan fingerprint density at radius 1 is 1.21 bits per heavy atom. The summed E-state index contributed by atoms with van der Waals surface area (Å²) in [5, 5.41) is 3.50. The van der Waals surface area contributed by atoms with E-state index in [2.05, 4.69) is 30.2 Å². The van der Waals surface area contributed by atoms with E-state index in [0.717, 1.165) is 43.5 Å². The number of aromatic nitrogens is 4. The molecule has 1 aliphatic heterocycles. The summed E-state index contributed by atoms with van der Waals surface area (Å²) < 4.78 is 5.17. The molecule has 0 atom stereocenters. The molecule has 0 radical (unpaired) electrons. The highest BCUT2D eigenvalue weighted by Gasteiger charge is 2.21. The van der Waals surface area contributed by atoms with Gasteiger partial charge in [0.2, 0.25) is 11.8 Å². The quantitative estimate of drug-likeness (QED) is 0.882. The van der Waals surface area contributed by atoms with Gasteiger partial charge in [-0.05, 0) is 12.8 Å². The van der Waals surface area contributed by atoms with E-state index in [9.17, 15) is 0 Å². The molecule has 3 heterocycles. The van der Waals surface area contributed by atoms with Crippen LogP contribution in [0.2, 0.25) is 0 Å². The highest BCUT2D eigenvalue weighted by atomic mass is 16.5.